The molecule has 1 fully saturated rings. The summed E-state index contributed by atoms with van der Waals surface area (Å²) in [6.45, 7) is -0.510. The zero-order valence-electron chi connectivity index (χ0n) is 7.33. The summed E-state index contributed by atoms with van der Waals surface area (Å²) in [5.74, 6) is 0. The van der Waals surface area contributed by atoms with E-state index in [0.717, 1.165) is 0 Å². The molecule has 1 aliphatic rings. The molecule has 1 rings (SSSR count). The Bertz CT molecular complexity index is 155. The van der Waals surface area contributed by atoms with Crippen molar-refractivity contribution in [1.29, 1.82) is 0 Å². The number of aliphatic hydroxyl groups excluding tert-OH is 3. The number of aliphatic hydroxyl groups is 3. The fourth-order valence-electron chi connectivity index (χ4n) is 1.10. The van der Waals surface area contributed by atoms with Crippen molar-refractivity contribution in [1.82, 2.24) is 0 Å². The van der Waals surface area contributed by atoms with Crippen LogP contribution in [0.4, 0.5) is 0 Å². The maximum Gasteiger partial charge on any atom is 1.00 e. The first kappa shape index (κ1) is 14.4. The van der Waals surface area contributed by atoms with Crippen molar-refractivity contribution in [2.24, 2.45) is 5.73 Å². The van der Waals surface area contributed by atoms with Crippen molar-refractivity contribution in [3.8, 4) is 0 Å². The molecule has 1 heterocycles. The van der Waals surface area contributed by atoms with Gasteiger partial charge in [-0.3, -0.25) is 0 Å². The minimum atomic E-state index is -1.60. The van der Waals surface area contributed by atoms with Gasteiger partial charge in [-0.05, 0) is 0 Å². The Labute approximate surface area is 118 Å². The van der Waals surface area contributed by atoms with Crippen molar-refractivity contribution < 1.29 is 76.5 Å². The second-order valence-electron chi connectivity index (χ2n) is 2.78. The molecule has 1 saturated heterocycles. The zero-order chi connectivity index (χ0) is 9.30. The second kappa shape index (κ2) is 6.08. The molecule has 7 heteroatoms. The van der Waals surface area contributed by atoms with Gasteiger partial charge in [0.05, 0.1) is 12.7 Å². The summed E-state index contributed by atoms with van der Waals surface area (Å²) in [6, 6.07) is -1.15. The van der Waals surface area contributed by atoms with Gasteiger partial charge in [-0.1, -0.05) is 0 Å². The van der Waals surface area contributed by atoms with Crippen LogP contribution < -0.4 is 62.2 Å². The van der Waals surface area contributed by atoms with Gasteiger partial charge in [-0.2, -0.15) is 0 Å². The van der Waals surface area contributed by atoms with Crippen LogP contribution in [0.3, 0.4) is 0 Å². The molecule has 0 saturated carbocycles. The third kappa shape index (κ3) is 3.18. The predicted octanol–water partition coefficient (Wildman–Crippen LogP) is -6.88. The summed E-state index contributed by atoms with van der Waals surface area (Å²) in [6.07, 6.45) is -5.27. The molecule has 0 aliphatic carbocycles. The molecule has 0 radical (unpaired) electrons. The standard InChI is InChI=1S/C6H12NO5.K/c7-3-5(10)4(9)2(1-8)12-6(3)11;/h2-6,8-10H,1,7H2;/q-1;+1. The molecule has 6 nitrogen and oxygen atoms in total. The number of ether oxygens (including phenoxy) is 1. The first-order valence-corrected chi connectivity index (χ1v) is 3.61. The topological polar surface area (TPSA) is 119 Å². The summed E-state index contributed by atoms with van der Waals surface area (Å²) in [5.41, 5.74) is 5.20. The first-order valence-electron chi connectivity index (χ1n) is 3.61. The van der Waals surface area contributed by atoms with Crippen LogP contribution in [0.1, 0.15) is 0 Å². The molecule has 0 aromatic heterocycles. The first-order chi connectivity index (χ1) is 5.57. The fraction of sp³-hybridized carbons (Fsp3) is 1.00. The van der Waals surface area contributed by atoms with Crippen LogP contribution in [0.25, 0.3) is 0 Å². The van der Waals surface area contributed by atoms with Crippen molar-refractivity contribution in [2.45, 2.75) is 30.6 Å². The van der Waals surface area contributed by atoms with E-state index in [1.54, 1.807) is 0 Å². The van der Waals surface area contributed by atoms with E-state index < -0.39 is 37.3 Å². The molecular formula is C6H12KNO5. The van der Waals surface area contributed by atoms with Crippen LogP contribution in [-0.2, 0) is 4.74 Å². The van der Waals surface area contributed by atoms with Crippen LogP contribution in [0.15, 0.2) is 0 Å². The van der Waals surface area contributed by atoms with Crippen molar-refractivity contribution >= 4 is 0 Å². The minimum Gasteiger partial charge on any atom is -0.830 e. The molecule has 13 heavy (non-hydrogen) atoms. The van der Waals surface area contributed by atoms with Crippen LogP contribution in [-0.4, -0.2) is 52.6 Å². The molecule has 1 aliphatic heterocycles. The van der Waals surface area contributed by atoms with Gasteiger partial charge in [0.1, 0.15) is 12.2 Å². The minimum absolute atomic E-state index is 0. The molecule has 0 aromatic rings. The molecule has 0 amide bonds. The quantitative estimate of drug-likeness (QED) is 0.324. The number of hydrogen-bond acceptors (Lipinski definition) is 6. The zero-order valence-corrected chi connectivity index (χ0v) is 10.5. The third-order valence-electron chi connectivity index (χ3n) is 1.93. The Hall–Kier alpha value is 1.40. The van der Waals surface area contributed by atoms with Gasteiger partial charge in [-0.25, -0.2) is 0 Å². The van der Waals surface area contributed by atoms with Crippen LogP contribution >= 0.6 is 0 Å². The molecule has 0 bridgehead atoms. The van der Waals surface area contributed by atoms with Gasteiger partial charge in [0, 0.05) is 12.3 Å². The Morgan fingerprint density at radius 3 is 2.31 bits per heavy atom. The van der Waals surface area contributed by atoms with E-state index in [0.29, 0.717) is 0 Å². The average Bonchev–Trinajstić information content (AvgIpc) is 2.08. The summed E-state index contributed by atoms with van der Waals surface area (Å²) in [7, 11) is 0. The predicted molar refractivity (Wildman–Crippen MR) is 35.7 cm³/mol. The molecule has 5 unspecified atom stereocenters. The fourth-order valence-corrected chi connectivity index (χ4v) is 1.10. The molecule has 0 spiro atoms. The smallest absolute Gasteiger partial charge is 0.830 e. The summed E-state index contributed by atoms with van der Waals surface area (Å²) in [5, 5.41) is 37.8. The summed E-state index contributed by atoms with van der Waals surface area (Å²) in [4.78, 5) is 0. The van der Waals surface area contributed by atoms with Gasteiger partial charge < -0.3 is 30.9 Å². The largest absolute Gasteiger partial charge is 1.00 e. The number of rotatable bonds is 1. The van der Waals surface area contributed by atoms with Crippen LogP contribution in [0.2, 0.25) is 0 Å². The Balaban J connectivity index is 0.00000144. The van der Waals surface area contributed by atoms with Gasteiger partial charge in [-0.15, -0.1) is 0 Å². The average molecular weight is 217 g/mol. The van der Waals surface area contributed by atoms with E-state index in [2.05, 4.69) is 4.74 Å². The van der Waals surface area contributed by atoms with Crippen molar-refractivity contribution in [3.05, 3.63) is 0 Å². The number of nitrogens with two attached hydrogens (primary N) is 1. The number of hydrogen-bond donors (Lipinski definition) is 4. The van der Waals surface area contributed by atoms with Crippen LogP contribution in [0, 0.1) is 0 Å². The van der Waals surface area contributed by atoms with E-state index in [1.807, 2.05) is 0 Å². The molecule has 5 N–H and O–H groups in total. The Kier molecular flexibility index (Phi) is 6.74. The van der Waals surface area contributed by atoms with Gasteiger partial charge in [0.2, 0.25) is 0 Å². The Morgan fingerprint density at radius 2 is 1.85 bits per heavy atom. The normalized spacial score (nSPS) is 45.5. The van der Waals surface area contributed by atoms with Crippen LogP contribution in [0.5, 0.6) is 0 Å². The van der Waals surface area contributed by atoms with Crippen molar-refractivity contribution in [3.63, 3.8) is 0 Å². The second-order valence-corrected chi connectivity index (χ2v) is 2.78. The monoisotopic (exact) mass is 217 g/mol. The van der Waals surface area contributed by atoms with E-state index >= 15 is 0 Å². The maximum atomic E-state index is 10.9. The molecule has 72 valence electrons. The van der Waals surface area contributed by atoms with Gasteiger partial charge >= 0.3 is 51.4 Å². The summed E-state index contributed by atoms with van der Waals surface area (Å²) >= 11 is 0. The van der Waals surface area contributed by atoms with Gasteiger partial charge in [0.25, 0.3) is 0 Å². The summed E-state index contributed by atoms with van der Waals surface area (Å²) < 4.78 is 4.59. The SMILES string of the molecule is NC1C([O-])OC(CO)C(O)C1O.[K+]. The van der Waals surface area contributed by atoms with Crippen molar-refractivity contribution in [2.75, 3.05) is 6.61 Å². The van der Waals surface area contributed by atoms with Gasteiger partial charge in [0.15, 0.2) is 0 Å². The molecular weight excluding hydrogens is 205 g/mol. The van der Waals surface area contributed by atoms with E-state index in [4.69, 9.17) is 15.9 Å². The molecule has 5 atom stereocenters. The van der Waals surface area contributed by atoms with E-state index in [1.165, 1.54) is 0 Å². The third-order valence-corrected chi connectivity index (χ3v) is 1.93. The maximum absolute atomic E-state index is 10.9. The van der Waals surface area contributed by atoms with E-state index in [9.17, 15) is 10.2 Å². The Morgan fingerprint density at radius 1 is 1.31 bits per heavy atom. The van der Waals surface area contributed by atoms with E-state index in [-0.39, 0.29) is 51.4 Å². The molecule has 0 aromatic carbocycles.